The van der Waals surface area contributed by atoms with Gasteiger partial charge in [-0.2, -0.15) is 0 Å². The van der Waals surface area contributed by atoms with Crippen molar-refractivity contribution in [3.05, 3.63) is 59.2 Å². The summed E-state index contributed by atoms with van der Waals surface area (Å²) in [5, 5.41) is 4.63. The van der Waals surface area contributed by atoms with Crippen molar-refractivity contribution >= 4 is 29.1 Å². The van der Waals surface area contributed by atoms with Crippen LogP contribution < -0.4 is 16.4 Å². The van der Waals surface area contributed by atoms with Crippen LogP contribution >= 0.6 is 0 Å². The first kappa shape index (κ1) is 17.2. The van der Waals surface area contributed by atoms with Crippen LogP contribution in [0.25, 0.3) is 0 Å². The van der Waals surface area contributed by atoms with Crippen LogP contribution in [-0.2, 0) is 16.0 Å². The van der Waals surface area contributed by atoms with Crippen LogP contribution in [0.1, 0.15) is 28.4 Å². The highest BCUT2D eigenvalue weighted by molar-refractivity contribution is 6.42. The molecule has 2 aromatic carbocycles. The fourth-order valence-corrected chi connectivity index (χ4v) is 2.24. The van der Waals surface area contributed by atoms with Gasteiger partial charge in [-0.3, -0.25) is 19.7 Å². The molecule has 0 heterocycles. The number of carbonyl (C=O) groups excluding carboxylic acids is 3. The summed E-state index contributed by atoms with van der Waals surface area (Å²) in [6, 6.07) is 11.6. The number of aryl methyl sites for hydroxylation is 2. The van der Waals surface area contributed by atoms with E-state index in [2.05, 4.69) is 10.6 Å². The van der Waals surface area contributed by atoms with Gasteiger partial charge in [0, 0.05) is 16.9 Å². The second-order valence-corrected chi connectivity index (χ2v) is 5.32. The fourth-order valence-electron chi connectivity index (χ4n) is 2.24. The van der Waals surface area contributed by atoms with Gasteiger partial charge in [0.05, 0.1) is 0 Å². The summed E-state index contributed by atoms with van der Waals surface area (Å²) in [6.07, 6.45) is 0.712. The van der Waals surface area contributed by atoms with Crippen LogP contribution in [0, 0.1) is 6.92 Å². The van der Waals surface area contributed by atoms with Crippen molar-refractivity contribution in [2.75, 3.05) is 11.1 Å². The third kappa shape index (κ3) is 3.98. The third-order valence-electron chi connectivity index (χ3n) is 3.58. The van der Waals surface area contributed by atoms with Crippen LogP contribution in [0.2, 0.25) is 0 Å². The quantitative estimate of drug-likeness (QED) is 0.593. The molecule has 4 N–H and O–H groups in total. The maximum Gasteiger partial charge on any atom is 0.316 e. The van der Waals surface area contributed by atoms with Gasteiger partial charge in [0.15, 0.2) is 0 Å². The lowest BCUT2D eigenvalue weighted by Gasteiger charge is -2.12. The maximum absolute atomic E-state index is 12.1. The third-order valence-corrected chi connectivity index (χ3v) is 3.58. The highest BCUT2D eigenvalue weighted by Gasteiger charge is 2.19. The summed E-state index contributed by atoms with van der Waals surface area (Å²) in [4.78, 5) is 36.0. The van der Waals surface area contributed by atoms with Crippen molar-refractivity contribution in [2.24, 2.45) is 0 Å². The minimum atomic E-state index is -1.01. The predicted octanol–water partition coefficient (Wildman–Crippen LogP) is 2.03. The Balaban J connectivity index is 2.06. The first-order chi connectivity index (χ1) is 11.4. The number of para-hydroxylation sites is 1. The van der Waals surface area contributed by atoms with Crippen molar-refractivity contribution in [1.29, 1.82) is 0 Å². The molecule has 0 saturated heterocycles. The van der Waals surface area contributed by atoms with E-state index in [1.54, 1.807) is 12.1 Å². The van der Waals surface area contributed by atoms with Crippen molar-refractivity contribution < 1.29 is 14.4 Å². The molecule has 0 atom stereocenters. The lowest BCUT2D eigenvalue weighted by molar-refractivity contribution is -0.135. The Morgan fingerprint density at radius 2 is 1.67 bits per heavy atom. The van der Waals surface area contributed by atoms with Crippen LogP contribution in [0.3, 0.4) is 0 Å². The summed E-state index contributed by atoms with van der Waals surface area (Å²) >= 11 is 0. The minimum Gasteiger partial charge on any atom is -0.399 e. The van der Waals surface area contributed by atoms with E-state index in [-0.39, 0.29) is 5.56 Å². The van der Waals surface area contributed by atoms with E-state index in [0.29, 0.717) is 17.8 Å². The van der Waals surface area contributed by atoms with Crippen molar-refractivity contribution in [3.8, 4) is 0 Å². The Kier molecular flexibility index (Phi) is 5.31. The van der Waals surface area contributed by atoms with Gasteiger partial charge in [0.25, 0.3) is 5.91 Å². The molecule has 124 valence electrons. The average molecular weight is 325 g/mol. The van der Waals surface area contributed by atoms with E-state index >= 15 is 0 Å². The van der Waals surface area contributed by atoms with Gasteiger partial charge in [-0.05, 0) is 48.7 Å². The molecule has 6 heteroatoms. The standard InChI is InChI=1S/C18H19N3O3/c1-3-12-6-4-5-11(2)15(12)20-17(23)18(24)21-16(22)13-7-9-14(19)10-8-13/h4-10H,3,19H2,1-2H3,(H,20,23)(H,21,22,24). The molecule has 0 aromatic heterocycles. The largest absolute Gasteiger partial charge is 0.399 e. The van der Waals surface area contributed by atoms with Gasteiger partial charge >= 0.3 is 11.8 Å². The normalized spacial score (nSPS) is 10.1. The molecule has 2 aromatic rings. The minimum absolute atomic E-state index is 0.246. The van der Waals surface area contributed by atoms with Gasteiger partial charge in [-0.15, -0.1) is 0 Å². The zero-order chi connectivity index (χ0) is 17.7. The van der Waals surface area contributed by atoms with E-state index in [0.717, 1.165) is 11.1 Å². The molecule has 0 aliphatic rings. The lowest BCUT2D eigenvalue weighted by atomic mass is 10.1. The number of amides is 3. The Labute approximate surface area is 140 Å². The number of nitrogens with two attached hydrogens (primary N) is 1. The Morgan fingerprint density at radius 1 is 1.00 bits per heavy atom. The van der Waals surface area contributed by atoms with Crippen LogP contribution in [0.15, 0.2) is 42.5 Å². The van der Waals surface area contributed by atoms with Crippen molar-refractivity contribution in [2.45, 2.75) is 20.3 Å². The monoisotopic (exact) mass is 325 g/mol. The molecule has 0 aliphatic heterocycles. The highest BCUT2D eigenvalue weighted by atomic mass is 16.2. The molecular weight excluding hydrogens is 306 g/mol. The van der Waals surface area contributed by atoms with E-state index < -0.39 is 17.7 Å². The number of benzene rings is 2. The molecule has 0 saturated carbocycles. The van der Waals surface area contributed by atoms with E-state index in [1.165, 1.54) is 12.1 Å². The number of nitrogens with one attached hydrogen (secondary N) is 2. The Morgan fingerprint density at radius 3 is 2.29 bits per heavy atom. The van der Waals surface area contributed by atoms with Gasteiger partial charge in [-0.25, -0.2) is 0 Å². The van der Waals surface area contributed by atoms with Gasteiger partial charge < -0.3 is 11.1 Å². The van der Waals surface area contributed by atoms with Crippen molar-refractivity contribution in [1.82, 2.24) is 5.32 Å². The van der Waals surface area contributed by atoms with Gasteiger partial charge in [-0.1, -0.05) is 25.1 Å². The summed E-state index contributed by atoms with van der Waals surface area (Å²) in [6.45, 7) is 3.79. The Hall–Kier alpha value is -3.15. The first-order valence-electron chi connectivity index (χ1n) is 7.53. The van der Waals surface area contributed by atoms with Gasteiger partial charge in [0.1, 0.15) is 0 Å². The average Bonchev–Trinajstić information content (AvgIpc) is 2.57. The zero-order valence-electron chi connectivity index (χ0n) is 13.6. The topological polar surface area (TPSA) is 101 Å². The van der Waals surface area contributed by atoms with E-state index in [1.807, 2.05) is 32.0 Å². The summed E-state index contributed by atoms with van der Waals surface area (Å²) in [5.74, 6) is -2.56. The number of hydrogen-bond donors (Lipinski definition) is 3. The summed E-state index contributed by atoms with van der Waals surface area (Å²) < 4.78 is 0. The second kappa shape index (κ2) is 7.41. The van der Waals surface area contributed by atoms with Gasteiger partial charge in [0.2, 0.25) is 0 Å². The summed E-state index contributed by atoms with van der Waals surface area (Å²) in [7, 11) is 0. The molecule has 0 unspecified atom stereocenters. The number of imide groups is 1. The molecule has 0 spiro atoms. The molecule has 24 heavy (non-hydrogen) atoms. The molecule has 0 fully saturated rings. The van der Waals surface area contributed by atoms with E-state index in [9.17, 15) is 14.4 Å². The van der Waals surface area contributed by atoms with Crippen LogP contribution in [0.4, 0.5) is 11.4 Å². The van der Waals surface area contributed by atoms with Crippen LogP contribution in [0.5, 0.6) is 0 Å². The molecular formula is C18H19N3O3. The first-order valence-corrected chi connectivity index (χ1v) is 7.53. The number of anilines is 2. The van der Waals surface area contributed by atoms with Crippen LogP contribution in [-0.4, -0.2) is 17.7 Å². The maximum atomic E-state index is 12.1. The van der Waals surface area contributed by atoms with E-state index in [4.69, 9.17) is 5.73 Å². The number of rotatable bonds is 3. The lowest BCUT2D eigenvalue weighted by Crippen LogP contribution is -2.39. The fraction of sp³-hybridized carbons (Fsp3) is 0.167. The molecule has 0 aliphatic carbocycles. The zero-order valence-corrected chi connectivity index (χ0v) is 13.6. The number of nitrogen functional groups attached to an aromatic ring is 1. The summed E-state index contributed by atoms with van der Waals surface area (Å²) in [5.41, 5.74) is 8.65. The highest BCUT2D eigenvalue weighted by Crippen LogP contribution is 2.20. The molecule has 2 rings (SSSR count). The molecule has 0 radical (unpaired) electrons. The predicted molar refractivity (Wildman–Crippen MR) is 92.5 cm³/mol. The molecule has 3 amide bonds. The molecule has 6 nitrogen and oxygen atoms in total. The molecule has 0 bridgehead atoms. The smallest absolute Gasteiger partial charge is 0.316 e. The number of hydrogen-bond acceptors (Lipinski definition) is 4. The SMILES string of the molecule is CCc1cccc(C)c1NC(=O)C(=O)NC(=O)c1ccc(N)cc1. The number of carbonyl (C=O) groups is 3. The van der Waals surface area contributed by atoms with Crippen molar-refractivity contribution in [3.63, 3.8) is 0 Å². The second-order valence-electron chi connectivity index (χ2n) is 5.32. The Bertz CT molecular complexity index is 783.